The van der Waals surface area contributed by atoms with Gasteiger partial charge in [0.25, 0.3) is 0 Å². The van der Waals surface area contributed by atoms with Gasteiger partial charge in [-0.05, 0) is 18.9 Å². The third-order valence-corrected chi connectivity index (χ3v) is 5.31. The van der Waals surface area contributed by atoms with E-state index in [1.54, 1.807) is 12.1 Å². The van der Waals surface area contributed by atoms with Crippen molar-refractivity contribution in [2.45, 2.75) is 25.2 Å². The molecule has 0 spiro atoms. The van der Waals surface area contributed by atoms with E-state index in [0.29, 0.717) is 40.5 Å². The Kier molecular flexibility index (Phi) is 5.63. The van der Waals surface area contributed by atoms with Gasteiger partial charge in [0.2, 0.25) is 0 Å². The highest BCUT2D eigenvalue weighted by molar-refractivity contribution is 6.00. The zero-order chi connectivity index (χ0) is 20.4. The normalized spacial score (nSPS) is 21.6. The Hall–Kier alpha value is -2.96. The summed E-state index contributed by atoms with van der Waals surface area (Å²) < 4.78 is 21.4. The Morgan fingerprint density at radius 2 is 1.68 bits per heavy atom. The van der Waals surface area contributed by atoms with E-state index < -0.39 is 17.8 Å². The molecule has 28 heavy (non-hydrogen) atoms. The van der Waals surface area contributed by atoms with Crippen LogP contribution in [0.2, 0.25) is 0 Å². The van der Waals surface area contributed by atoms with Crippen LogP contribution in [0.3, 0.4) is 0 Å². The average Bonchev–Trinajstić information content (AvgIpc) is 2.71. The zero-order valence-corrected chi connectivity index (χ0v) is 16.6. The molecule has 2 aliphatic rings. The van der Waals surface area contributed by atoms with Crippen molar-refractivity contribution in [1.29, 1.82) is 0 Å². The molecule has 0 fully saturated rings. The summed E-state index contributed by atoms with van der Waals surface area (Å²) in [6.45, 7) is 4.03. The lowest BCUT2D eigenvalue weighted by Gasteiger charge is -2.38. The number of carbonyl (C=O) groups excluding carboxylic acids is 2. The molecule has 1 N–H and O–H groups in total. The number of methoxy groups -OCH3 is 4. The molecular weight excluding hydrogens is 362 g/mol. The Morgan fingerprint density at radius 1 is 1.04 bits per heavy atom. The number of nitrogens with one attached hydrogen (secondary N) is 1. The van der Waals surface area contributed by atoms with E-state index in [1.165, 1.54) is 28.4 Å². The summed E-state index contributed by atoms with van der Waals surface area (Å²) in [6, 6.07) is 3.45. The van der Waals surface area contributed by atoms with E-state index >= 15 is 0 Å². The Balaban J connectivity index is 2.28. The van der Waals surface area contributed by atoms with Gasteiger partial charge in [0.15, 0.2) is 17.3 Å². The first-order valence-electron chi connectivity index (χ1n) is 9.06. The molecule has 2 atom stereocenters. The third kappa shape index (κ3) is 3.21. The fraction of sp³-hybridized carbons (Fsp3) is 0.429. The molecule has 1 heterocycles. The van der Waals surface area contributed by atoms with Crippen molar-refractivity contribution in [2.75, 3.05) is 28.4 Å². The molecular formula is C21H25NO6. The third-order valence-electron chi connectivity index (χ3n) is 5.31. The highest BCUT2D eigenvalue weighted by Crippen LogP contribution is 2.49. The van der Waals surface area contributed by atoms with Gasteiger partial charge in [-0.25, -0.2) is 0 Å². The second-order valence-electron chi connectivity index (χ2n) is 6.75. The molecule has 0 saturated heterocycles. The topological polar surface area (TPSA) is 83.1 Å². The molecule has 150 valence electrons. The number of ketones is 1. The minimum atomic E-state index is -0.766. The Bertz CT molecular complexity index is 857. The van der Waals surface area contributed by atoms with Crippen LogP contribution in [-0.2, 0) is 14.3 Å². The van der Waals surface area contributed by atoms with Gasteiger partial charge in [-0.1, -0.05) is 6.58 Å². The van der Waals surface area contributed by atoms with Gasteiger partial charge in [-0.3, -0.25) is 9.59 Å². The van der Waals surface area contributed by atoms with E-state index in [2.05, 4.69) is 11.9 Å². The molecule has 7 nitrogen and oxygen atoms in total. The van der Waals surface area contributed by atoms with Crippen molar-refractivity contribution in [1.82, 2.24) is 5.32 Å². The minimum absolute atomic E-state index is 0.0111. The lowest BCUT2D eigenvalue weighted by molar-refractivity contribution is -0.144. The van der Waals surface area contributed by atoms with Gasteiger partial charge < -0.3 is 24.3 Å². The van der Waals surface area contributed by atoms with Crippen LogP contribution in [-0.4, -0.2) is 40.2 Å². The summed E-state index contributed by atoms with van der Waals surface area (Å²) in [7, 11) is 5.92. The molecule has 0 bridgehead atoms. The van der Waals surface area contributed by atoms with Crippen LogP contribution >= 0.6 is 0 Å². The predicted octanol–water partition coefficient (Wildman–Crippen LogP) is 2.71. The molecule has 0 aromatic heterocycles. The minimum Gasteiger partial charge on any atom is -0.496 e. The molecule has 7 heteroatoms. The number of benzene rings is 1. The number of ether oxygens (including phenoxy) is 4. The van der Waals surface area contributed by atoms with E-state index in [-0.39, 0.29) is 5.78 Å². The van der Waals surface area contributed by atoms with Gasteiger partial charge >= 0.3 is 5.97 Å². The van der Waals surface area contributed by atoms with Crippen molar-refractivity contribution in [2.24, 2.45) is 5.92 Å². The van der Waals surface area contributed by atoms with Crippen LogP contribution in [0.25, 0.3) is 0 Å². The molecule has 0 amide bonds. The van der Waals surface area contributed by atoms with Crippen molar-refractivity contribution in [3.8, 4) is 17.2 Å². The SMILES string of the molecule is C=C1NC2=C(C(=O)CCC2)C(c2cc(OC)c(OC)cc2OC)C1C(=O)OC. The van der Waals surface area contributed by atoms with Gasteiger partial charge in [-0.15, -0.1) is 0 Å². The van der Waals surface area contributed by atoms with Crippen LogP contribution < -0.4 is 19.5 Å². The summed E-state index contributed by atoms with van der Waals surface area (Å²) in [5, 5.41) is 3.17. The number of Topliss-reactive ketones (excluding diaryl/α,β-unsaturated/α-hetero) is 1. The van der Waals surface area contributed by atoms with Crippen LogP contribution in [0.1, 0.15) is 30.7 Å². The van der Waals surface area contributed by atoms with Gasteiger partial charge in [0.1, 0.15) is 11.7 Å². The van der Waals surface area contributed by atoms with Crippen LogP contribution in [0.15, 0.2) is 35.7 Å². The molecule has 1 aromatic carbocycles. The second kappa shape index (κ2) is 7.96. The Labute approximate surface area is 164 Å². The maximum atomic E-state index is 12.9. The average molecular weight is 387 g/mol. The number of carbonyl (C=O) groups is 2. The number of allylic oxidation sites excluding steroid dienone is 2. The number of hydrogen-bond acceptors (Lipinski definition) is 7. The van der Waals surface area contributed by atoms with Crippen molar-refractivity contribution >= 4 is 11.8 Å². The lowest BCUT2D eigenvalue weighted by Crippen LogP contribution is -2.41. The number of rotatable bonds is 5. The van der Waals surface area contributed by atoms with Crippen LogP contribution in [0.5, 0.6) is 17.2 Å². The monoisotopic (exact) mass is 387 g/mol. The van der Waals surface area contributed by atoms with E-state index in [9.17, 15) is 9.59 Å². The smallest absolute Gasteiger partial charge is 0.315 e. The van der Waals surface area contributed by atoms with Crippen molar-refractivity contribution in [3.63, 3.8) is 0 Å². The van der Waals surface area contributed by atoms with Crippen LogP contribution in [0, 0.1) is 5.92 Å². The van der Waals surface area contributed by atoms with E-state index in [1.807, 2.05) is 0 Å². The highest BCUT2D eigenvalue weighted by Gasteiger charge is 2.45. The molecule has 1 aromatic rings. The summed E-state index contributed by atoms with van der Waals surface area (Å²) in [5.74, 6) is -0.333. The Morgan fingerprint density at radius 3 is 2.29 bits per heavy atom. The molecule has 1 aliphatic carbocycles. The zero-order valence-electron chi connectivity index (χ0n) is 16.6. The summed E-state index contributed by atoms with van der Waals surface area (Å²) in [6.07, 6.45) is 1.92. The highest BCUT2D eigenvalue weighted by atomic mass is 16.5. The van der Waals surface area contributed by atoms with Gasteiger partial charge in [-0.2, -0.15) is 0 Å². The number of hydrogen-bond donors (Lipinski definition) is 1. The maximum absolute atomic E-state index is 12.9. The molecule has 2 unspecified atom stereocenters. The fourth-order valence-corrected chi connectivity index (χ4v) is 4.03. The molecule has 1 aliphatic heterocycles. The summed E-state index contributed by atoms with van der Waals surface area (Å²) >= 11 is 0. The van der Waals surface area contributed by atoms with Gasteiger partial charge in [0.05, 0.1) is 28.4 Å². The quantitative estimate of drug-likeness (QED) is 0.778. The largest absolute Gasteiger partial charge is 0.496 e. The first-order valence-corrected chi connectivity index (χ1v) is 9.06. The maximum Gasteiger partial charge on any atom is 0.315 e. The standard InChI is InChI=1S/C21H25NO6/c1-11-18(21(24)28-5)19(20-13(22-11)7-6-8-14(20)23)12-9-16(26-3)17(27-4)10-15(12)25-2/h9-10,18-19,22H,1,6-8H2,2-5H3. The second-order valence-corrected chi connectivity index (χ2v) is 6.75. The fourth-order valence-electron chi connectivity index (χ4n) is 4.03. The van der Waals surface area contributed by atoms with Crippen molar-refractivity contribution in [3.05, 3.63) is 41.2 Å². The lowest BCUT2D eigenvalue weighted by atomic mass is 9.71. The van der Waals surface area contributed by atoms with Crippen molar-refractivity contribution < 1.29 is 28.5 Å². The molecule has 3 rings (SSSR count). The first-order chi connectivity index (χ1) is 13.5. The first kappa shape index (κ1) is 19.8. The summed E-state index contributed by atoms with van der Waals surface area (Å²) in [5.41, 5.74) is 2.55. The predicted molar refractivity (Wildman–Crippen MR) is 103 cm³/mol. The number of esters is 1. The summed E-state index contributed by atoms with van der Waals surface area (Å²) in [4.78, 5) is 25.5. The molecule has 0 saturated carbocycles. The van der Waals surface area contributed by atoms with Crippen LogP contribution in [0.4, 0.5) is 0 Å². The van der Waals surface area contributed by atoms with Gasteiger partial charge in [0, 0.05) is 40.9 Å². The molecule has 0 radical (unpaired) electrons. The van der Waals surface area contributed by atoms with E-state index in [4.69, 9.17) is 18.9 Å². The van der Waals surface area contributed by atoms with E-state index in [0.717, 1.165) is 18.5 Å².